The molecule has 5 heteroatoms. The molecule has 0 saturated heterocycles. The van der Waals surface area contributed by atoms with Gasteiger partial charge in [-0.1, -0.05) is 48.5 Å². The molecule has 0 N–H and O–H groups in total. The molecule has 4 rings (SSSR count). The van der Waals surface area contributed by atoms with Crippen LogP contribution < -0.4 is 0 Å². The molecule has 0 heterocycles. The summed E-state index contributed by atoms with van der Waals surface area (Å²) in [6.07, 6.45) is 21.7. The van der Waals surface area contributed by atoms with Crippen LogP contribution in [0.25, 0.3) is 11.1 Å². The normalized spacial score (nSPS) is 16.1. The Morgan fingerprint density at radius 1 is 0.657 bits per heavy atom. The molecule has 2 aliphatic carbocycles. The molecule has 0 spiro atoms. The Hall–Kier alpha value is -2.62. The van der Waals surface area contributed by atoms with Gasteiger partial charge in [-0.05, 0) is 92.7 Å². The van der Waals surface area contributed by atoms with Gasteiger partial charge in [0.2, 0.25) is 0 Å². The molecule has 0 unspecified atom stereocenters. The van der Waals surface area contributed by atoms with Crippen molar-refractivity contribution in [2.24, 2.45) is 0 Å². The van der Waals surface area contributed by atoms with Crippen LogP contribution in [-0.2, 0) is 31.3 Å². The van der Waals surface area contributed by atoms with Gasteiger partial charge in [0.1, 0.15) is 0 Å². The second-order valence-electron chi connectivity index (χ2n) is 7.26. The molecule has 0 atom stereocenters. The molecule has 2 aromatic rings. The maximum atomic E-state index is 12.5. The van der Waals surface area contributed by atoms with Crippen LogP contribution >= 0.6 is 0 Å². The molecule has 4 nitrogen and oxygen atoms in total. The topological polar surface area (TPSA) is 52.6 Å². The minimum Gasteiger partial charge on any atom is -0.465 e. The summed E-state index contributed by atoms with van der Waals surface area (Å²) < 4.78 is 9.77. The van der Waals surface area contributed by atoms with E-state index in [1.807, 2.05) is 106 Å². The monoisotopic (exact) mass is 506 g/mol. The summed E-state index contributed by atoms with van der Waals surface area (Å²) in [7, 11) is 2.72. The van der Waals surface area contributed by atoms with Gasteiger partial charge in [-0.15, -0.1) is 0 Å². The predicted molar refractivity (Wildman–Crippen MR) is 134 cm³/mol. The van der Waals surface area contributed by atoms with Gasteiger partial charge < -0.3 is 9.47 Å². The predicted octanol–water partition coefficient (Wildman–Crippen LogP) is 5.54. The molecule has 178 valence electrons. The van der Waals surface area contributed by atoms with Gasteiger partial charge in [-0.2, -0.15) is 0 Å². The Balaban J connectivity index is 0.000000640. The zero-order valence-corrected chi connectivity index (χ0v) is 20.6. The van der Waals surface area contributed by atoms with E-state index in [4.69, 9.17) is 9.47 Å². The molecule has 0 aromatic heterocycles. The van der Waals surface area contributed by atoms with Gasteiger partial charge in [0.25, 0.3) is 0 Å². The third-order valence-corrected chi connectivity index (χ3v) is 5.00. The Morgan fingerprint density at radius 2 is 1.20 bits per heavy atom. The second kappa shape index (κ2) is 15.4. The largest absolute Gasteiger partial charge is 0.465 e. The maximum absolute atomic E-state index is 12.5. The van der Waals surface area contributed by atoms with E-state index in [0.717, 1.165) is 22.6 Å². The van der Waals surface area contributed by atoms with Crippen molar-refractivity contribution in [2.45, 2.75) is 0 Å². The van der Waals surface area contributed by atoms with Crippen LogP contribution in [0.4, 0.5) is 0 Å². The zero-order chi connectivity index (χ0) is 24.2. The van der Waals surface area contributed by atoms with E-state index >= 15 is 0 Å². The summed E-state index contributed by atoms with van der Waals surface area (Å²) in [5.41, 5.74) is 3.35. The van der Waals surface area contributed by atoms with E-state index < -0.39 is 11.9 Å². The fourth-order valence-electron chi connectivity index (χ4n) is 3.25. The average molecular weight is 506 g/mol. The second-order valence-corrected chi connectivity index (χ2v) is 7.26. The first-order valence-electron chi connectivity index (χ1n) is 10.8. The minimum absolute atomic E-state index is 0. The smallest absolute Gasteiger partial charge is 0.338 e. The number of benzene rings is 2. The van der Waals surface area contributed by atoms with Gasteiger partial charge in [-0.25, -0.2) is 9.59 Å². The van der Waals surface area contributed by atoms with Crippen LogP contribution in [0.3, 0.4) is 0 Å². The quantitative estimate of drug-likeness (QED) is 0.224. The molecule has 0 amide bonds. The van der Waals surface area contributed by atoms with Gasteiger partial charge >= 0.3 is 11.9 Å². The van der Waals surface area contributed by atoms with Gasteiger partial charge in [-0.3, -0.25) is 0 Å². The average Bonchev–Trinajstić information content (AvgIpc) is 3.64. The first-order valence-corrected chi connectivity index (χ1v) is 10.8. The number of carbonyl (C=O) groups is 2. The zero-order valence-electron chi connectivity index (χ0n) is 19.5. The van der Waals surface area contributed by atoms with Crippen molar-refractivity contribution in [3.8, 4) is 0 Å². The Kier molecular flexibility index (Phi) is 12.6. The molecule has 0 bridgehead atoms. The van der Waals surface area contributed by atoms with Crippen molar-refractivity contribution in [3.05, 3.63) is 147 Å². The van der Waals surface area contributed by atoms with Crippen LogP contribution in [0.15, 0.2) is 66.7 Å². The van der Waals surface area contributed by atoms with E-state index in [2.05, 4.69) is 0 Å². The first kappa shape index (κ1) is 28.6. The molecule has 2 aliphatic rings. The molecular formula is C30H26FeO4. The van der Waals surface area contributed by atoms with Crippen LogP contribution in [-0.4, -0.2) is 26.2 Å². The van der Waals surface area contributed by atoms with E-state index in [1.165, 1.54) is 14.2 Å². The molecular weight excluding hydrogens is 480 g/mol. The maximum Gasteiger partial charge on any atom is 0.338 e. The molecule has 2 aromatic carbocycles. The number of rotatable bonds is 6. The molecule has 2 saturated carbocycles. The summed E-state index contributed by atoms with van der Waals surface area (Å²) in [6.45, 7) is 0. The number of ether oxygens (including phenoxy) is 2. The fraction of sp³-hybridized carbons (Fsp3) is 0.0667. The number of allylic oxidation sites excluding steroid dienone is 3. The van der Waals surface area contributed by atoms with Crippen LogP contribution in [0.1, 0.15) is 21.5 Å². The van der Waals surface area contributed by atoms with Crippen LogP contribution in [0.5, 0.6) is 0 Å². The van der Waals surface area contributed by atoms with Crippen molar-refractivity contribution >= 4 is 23.1 Å². The standard InChI is InChI=1S/C25H21O4.C5H5.Fe/c1-28-24(26)21-14-12-19(13-15-21)22(16-18-8-6-7-9-18)17-23(25(27)29-2)20-10-4-3-5-11-20;1-2-4-5-3-1;/h3-17H,1-2H3;1-5H;/b22-16+,23-17+;;. The third-order valence-electron chi connectivity index (χ3n) is 5.00. The summed E-state index contributed by atoms with van der Waals surface area (Å²) in [5.74, 6) is 0.189. The van der Waals surface area contributed by atoms with Crippen LogP contribution in [0.2, 0.25) is 0 Å². The first-order chi connectivity index (χ1) is 16.6. The number of hydrogen-bond donors (Lipinski definition) is 0. The van der Waals surface area contributed by atoms with Gasteiger partial charge in [0.15, 0.2) is 0 Å². The molecule has 2 fully saturated rings. The van der Waals surface area contributed by atoms with Crippen molar-refractivity contribution in [1.82, 2.24) is 0 Å². The Bertz CT molecular complexity index is 975. The summed E-state index contributed by atoms with van der Waals surface area (Å²) in [6, 6.07) is 16.4. The summed E-state index contributed by atoms with van der Waals surface area (Å²) in [4.78, 5) is 24.2. The van der Waals surface area contributed by atoms with E-state index in [9.17, 15) is 9.59 Å². The van der Waals surface area contributed by atoms with Gasteiger partial charge in [0, 0.05) is 23.0 Å². The van der Waals surface area contributed by atoms with Crippen molar-refractivity contribution in [3.63, 3.8) is 0 Å². The third kappa shape index (κ3) is 8.83. The fourth-order valence-corrected chi connectivity index (χ4v) is 3.25. The summed E-state index contributed by atoms with van der Waals surface area (Å²) in [5, 5.41) is 0. The SMILES string of the molecule is COC(=O)/C(=C/C(=C\[C]1[CH][CH][CH][CH]1)c1ccc(C(=O)OC)cc1)c1ccccc1.[CH]1[CH][CH][CH][CH]1.[Fe]. The van der Waals surface area contributed by atoms with E-state index in [-0.39, 0.29) is 17.1 Å². The van der Waals surface area contributed by atoms with Crippen molar-refractivity contribution < 1.29 is 36.1 Å². The van der Waals surface area contributed by atoms with Crippen molar-refractivity contribution in [2.75, 3.05) is 14.2 Å². The molecule has 35 heavy (non-hydrogen) atoms. The van der Waals surface area contributed by atoms with Crippen LogP contribution in [0, 0.1) is 63.7 Å². The number of esters is 2. The number of hydrogen-bond acceptors (Lipinski definition) is 4. The Morgan fingerprint density at radius 3 is 1.71 bits per heavy atom. The van der Waals surface area contributed by atoms with Gasteiger partial charge in [0.05, 0.1) is 25.4 Å². The molecule has 10 radical (unpaired) electrons. The number of methoxy groups -OCH3 is 2. The van der Waals surface area contributed by atoms with Crippen molar-refractivity contribution in [1.29, 1.82) is 0 Å². The minimum atomic E-state index is -0.421. The molecule has 0 aliphatic heterocycles. The van der Waals surface area contributed by atoms with E-state index in [0.29, 0.717) is 11.1 Å². The summed E-state index contributed by atoms with van der Waals surface area (Å²) >= 11 is 0. The van der Waals surface area contributed by atoms with E-state index in [1.54, 1.807) is 18.2 Å². The Labute approximate surface area is 220 Å². The number of carbonyl (C=O) groups excluding carboxylic acids is 2.